The summed E-state index contributed by atoms with van der Waals surface area (Å²) in [6.07, 6.45) is 0. The molecule has 40 heavy (non-hydrogen) atoms. The molecule has 0 nitrogen and oxygen atoms in total. The van der Waals surface area contributed by atoms with Crippen LogP contribution in [-0.4, -0.2) is 7.25 Å². The van der Waals surface area contributed by atoms with E-state index >= 15 is 0 Å². The van der Waals surface area contributed by atoms with Gasteiger partial charge in [-0.3, -0.25) is 0 Å². The van der Waals surface area contributed by atoms with Crippen LogP contribution in [0.2, 0.25) is 0 Å². The molecule has 0 spiro atoms. The summed E-state index contributed by atoms with van der Waals surface area (Å²) in [4.78, 5) is 0. The van der Waals surface area contributed by atoms with Crippen molar-refractivity contribution in [1.82, 2.24) is 0 Å². The lowest BCUT2D eigenvalue weighted by molar-refractivity contribution is 0.368. The lowest BCUT2D eigenvalue weighted by Gasteiger charge is -2.27. The summed E-state index contributed by atoms with van der Waals surface area (Å²) in [5.41, 5.74) is 7.91. The Morgan fingerprint density at radius 1 is 0.500 bits per heavy atom. The predicted octanol–water partition coefficient (Wildman–Crippen LogP) is 8.83. The number of hydrogen-bond acceptors (Lipinski definition) is 0. The van der Waals surface area contributed by atoms with Crippen LogP contribution in [0.3, 0.4) is 0 Å². The number of hydrogen-bond donors (Lipinski definition) is 0. The summed E-state index contributed by atoms with van der Waals surface area (Å²) in [6, 6.07) is 49.6. The van der Waals surface area contributed by atoms with Crippen LogP contribution in [0.25, 0.3) is 10.9 Å². The zero-order valence-corrected chi connectivity index (χ0v) is 23.1. The zero-order chi connectivity index (χ0) is 28.3. The van der Waals surface area contributed by atoms with Crippen LogP contribution in [-0.2, 0) is 0 Å². The van der Waals surface area contributed by atoms with E-state index in [0.29, 0.717) is 0 Å². The van der Waals surface area contributed by atoms with Crippen LogP contribution in [0.4, 0.5) is 17.3 Å². The fourth-order valence-electron chi connectivity index (χ4n) is 5.61. The average molecular weight is 554 g/mol. The van der Waals surface area contributed by atoms with E-state index in [4.69, 9.17) is 0 Å². The molecule has 6 heteroatoms. The third-order valence-corrected chi connectivity index (χ3v) is 11.4. The Morgan fingerprint density at radius 3 is 1.48 bits per heavy atom. The van der Waals surface area contributed by atoms with E-state index in [0.717, 1.165) is 0 Å². The van der Waals surface area contributed by atoms with Crippen LogP contribution in [0.5, 0.6) is 0 Å². The standard InChI is InChI=1S/C34H28P.BF4/c1-25-13-11-15-27(23-25)33-31-21-9-10-22-32(31)35(29-17-5-3-6-18-29,30-19-7-4-8-20-30)34(33)28-16-12-14-26(2)24-28;2-1(3,4)5/h3-24H,1-2H3;/q+1;-1. The molecule has 0 fully saturated rings. The van der Waals surface area contributed by atoms with Gasteiger partial charge in [-0.1, -0.05) is 108 Å². The Hall–Kier alpha value is -3.95. The van der Waals surface area contributed by atoms with Gasteiger partial charge in [0, 0.05) is 16.7 Å². The molecule has 1 aliphatic heterocycles. The Balaban J connectivity index is 0.000000595. The van der Waals surface area contributed by atoms with Crippen LogP contribution in [0.1, 0.15) is 27.8 Å². The van der Waals surface area contributed by atoms with Crippen molar-refractivity contribution in [3.05, 3.63) is 161 Å². The highest BCUT2D eigenvalue weighted by atomic mass is 31.2. The predicted molar refractivity (Wildman–Crippen MR) is 164 cm³/mol. The van der Waals surface area contributed by atoms with Crippen molar-refractivity contribution in [2.24, 2.45) is 0 Å². The molecule has 6 rings (SSSR count). The molecular formula is C34H28BF4P. The first-order valence-corrected chi connectivity index (χ1v) is 14.8. The lowest BCUT2D eigenvalue weighted by Crippen LogP contribution is -2.30. The van der Waals surface area contributed by atoms with E-state index in [9.17, 15) is 17.3 Å². The highest BCUT2D eigenvalue weighted by molar-refractivity contribution is 8.04. The topological polar surface area (TPSA) is 0 Å². The van der Waals surface area contributed by atoms with Gasteiger partial charge in [-0.2, -0.15) is 0 Å². The number of rotatable bonds is 4. The summed E-state index contributed by atoms with van der Waals surface area (Å²) < 4.78 is 39.0. The van der Waals surface area contributed by atoms with Gasteiger partial charge in [0.2, 0.25) is 0 Å². The molecule has 0 aliphatic carbocycles. The van der Waals surface area contributed by atoms with Crippen LogP contribution >= 0.6 is 7.26 Å². The monoisotopic (exact) mass is 554 g/mol. The van der Waals surface area contributed by atoms with Gasteiger partial charge in [-0.15, -0.1) is 0 Å². The Kier molecular flexibility index (Phi) is 7.78. The molecule has 5 aromatic rings. The second kappa shape index (κ2) is 11.3. The largest absolute Gasteiger partial charge is 0.673 e. The molecule has 0 saturated heterocycles. The maximum absolute atomic E-state index is 9.75. The minimum Gasteiger partial charge on any atom is -0.418 e. The van der Waals surface area contributed by atoms with Crippen molar-refractivity contribution in [3.8, 4) is 0 Å². The number of benzene rings is 5. The van der Waals surface area contributed by atoms with E-state index < -0.39 is 14.5 Å². The summed E-state index contributed by atoms with van der Waals surface area (Å²) >= 11 is 0. The Labute approximate surface area is 233 Å². The van der Waals surface area contributed by atoms with Gasteiger partial charge in [0.05, 0.1) is 0 Å². The van der Waals surface area contributed by atoms with Gasteiger partial charge in [-0.25, -0.2) is 0 Å². The highest BCUT2D eigenvalue weighted by Gasteiger charge is 2.57. The van der Waals surface area contributed by atoms with Crippen molar-refractivity contribution in [3.63, 3.8) is 0 Å². The van der Waals surface area contributed by atoms with E-state index in [1.54, 1.807) is 0 Å². The van der Waals surface area contributed by atoms with E-state index in [1.807, 2.05) is 0 Å². The Bertz CT molecular complexity index is 1620. The lowest BCUT2D eigenvalue weighted by atomic mass is 9.94. The normalized spacial score (nSPS) is 13.8. The van der Waals surface area contributed by atoms with Crippen LogP contribution in [0, 0.1) is 13.8 Å². The molecule has 200 valence electrons. The molecule has 1 heterocycles. The van der Waals surface area contributed by atoms with Crippen molar-refractivity contribution < 1.29 is 17.3 Å². The van der Waals surface area contributed by atoms with Crippen molar-refractivity contribution >= 4 is 41.3 Å². The summed E-state index contributed by atoms with van der Waals surface area (Å²) in [6.45, 7) is 4.39. The van der Waals surface area contributed by atoms with Crippen molar-refractivity contribution in [2.45, 2.75) is 13.8 Å². The molecule has 0 amide bonds. The molecule has 0 saturated carbocycles. The SMILES string of the molecule is Cc1cccc(C2=C(c3cccc(C)c3)[P+](c3ccccc3)(c3ccccc3)c3ccccc32)c1.F[B-](F)(F)F. The van der Waals surface area contributed by atoms with Crippen LogP contribution < -0.4 is 15.9 Å². The second-order valence-electron chi connectivity index (χ2n) is 9.82. The van der Waals surface area contributed by atoms with E-state index in [2.05, 4.69) is 147 Å². The number of halogens is 4. The van der Waals surface area contributed by atoms with Gasteiger partial charge in [0.25, 0.3) is 0 Å². The van der Waals surface area contributed by atoms with E-state index in [-0.39, 0.29) is 0 Å². The first-order chi connectivity index (χ1) is 19.2. The highest BCUT2D eigenvalue weighted by Crippen LogP contribution is 2.72. The minimum absolute atomic E-state index is 1.28. The molecule has 1 aliphatic rings. The number of aryl methyl sites for hydroxylation is 2. The summed E-state index contributed by atoms with van der Waals surface area (Å²) in [5.74, 6) is 0. The van der Waals surface area contributed by atoms with E-state index in [1.165, 1.54) is 54.6 Å². The molecule has 0 atom stereocenters. The molecule has 0 radical (unpaired) electrons. The maximum Gasteiger partial charge on any atom is 0.673 e. The molecule has 0 aromatic heterocycles. The first kappa shape index (κ1) is 27.6. The smallest absolute Gasteiger partial charge is 0.418 e. The van der Waals surface area contributed by atoms with Gasteiger partial charge >= 0.3 is 7.25 Å². The van der Waals surface area contributed by atoms with Crippen molar-refractivity contribution in [2.75, 3.05) is 0 Å². The fraction of sp³-hybridized carbons (Fsp3) is 0.0588. The maximum atomic E-state index is 9.75. The number of fused-ring (bicyclic) bond motifs is 1. The molecular weight excluding hydrogens is 526 g/mol. The molecule has 0 unspecified atom stereocenters. The average Bonchev–Trinajstić information content (AvgIpc) is 3.25. The van der Waals surface area contributed by atoms with Gasteiger partial charge in [-0.05, 0) is 55.8 Å². The third-order valence-electron chi connectivity index (χ3n) is 6.99. The summed E-state index contributed by atoms with van der Waals surface area (Å²) in [7, 11) is -8.15. The Morgan fingerprint density at radius 2 is 0.950 bits per heavy atom. The molecule has 0 N–H and O–H groups in total. The minimum atomic E-state index is -6.00. The molecule has 5 aromatic carbocycles. The summed E-state index contributed by atoms with van der Waals surface area (Å²) in [5, 5.41) is 5.71. The van der Waals surface area contributed by atoms with Crippen molar-refractivity contribution in [1.29, 1.82) is 0 Å². The molecule has 0 bridgehead atoms. The zero-order valence-electron chi connectivity index (χ0n) is 22.2. The quantitative estimate of drug-likeness (QED) is 0.118. The van der Waals surface area contributed by atoms with Gasteiger partial charge in [0.1, 0.15) is 28.5 Å². The first-order valence-electron chi connectivity index (χ1n) is 13.1. The third kappa shape index (κ3) is 5.39. The fourth-order valence-corrected chi connectivity index (χ4v) is 10.4. The second-order valence-corrected chi connectivity index (χ2v) is 13.1. The van der Waals surface area contributed by atoms with Gasteiger partial charge < -0.3 is 17.3 Å². The van der Waals surface area contributed by atoms with Gasteiger partial charge in [0.15, 0.2) is 0 Å². The van der Waals surface area contributed by atoms with Crippen LogP contribution in [0.15, 0.2) is 133 Å².